The maximum Gasteiger partial charge on any atom is 0.327 e. The lowest BCUT2D eigenvalue weighted by molar-refractivity contribution is -0.124. The van der Waals surface area contributed by atoms with Gasteiger partial charge in [0.25, 0.3) is 0 Å². The van der Waals surface area contributed by atoms with E-state index in [0.717, 1.165) is 16.7 Å². The minimum Gasteiger partial charge on any atom is -0.360 e. The van der Waals surface area contributed by atoms with Crippen molar-refractivity contribution in [3.8, 4) is 0 Å². The molecule has 0 amide bonds. The van der Waals surface area contributed by atoms with Crippen LogP contribution in [0.4, 0.5) is 0 Å². The fourth-order valence-electron chi connectivity index (χ4n) is 3.52. The molecule has 3 aromatic rings. The largest absolute Gasteiger partial charge is 0.360 e. The Labute approximate surface area is 195 Å². The zero-order valence-electron chi connectivity index (χ0n) is 18.3. The van der Waals surface area contributed by atoms with E-state index in [9.17, 15) is 9.36 Å². The Balaban J connectivity index is 1.98. The van der Waals surface area contributed by atoms with Crippen LogP contribution in [0.5, 0.6) is 0 Å². The van der Waals surface area contributed by atoms with Crippen LogP contribution >= 0.6 is 20.4 Å². The predicted octanol–water partition coefficient (Wildman–Crippen LogP) is 6.50. The quantitative estimate of drug-likeness (QED) is 0.183. The predicted molar refractivity (Wildman–Crippen MR) is 130 cm³/mol. The van der Waals surface area contributed by atoms with E-state index in [1.807, 2.05) is 68.4 Å². The summed E-state index contributed by atoms with van der Waals surface area (Å²) in [4.78, 5) is 12.9. The maximum atomic E-state index is 12.9. The molecular weight excluding hydrogens is 439 g/mol. The van der Waals surface area contributed by atoms with Crippen molar-refractivity contribution < 1.29 is 18.6 Å². The van der Waals surface area contributed by atoms with E-state index in [2.05, 4.69) is 36.4 Å². The molecule has 0 aliphatic rings. The first-order valence-electron chi connectivity index (χ1n) is 10.4. The molecule has 0 aliphatic carbocycles. The number of hydrogen-bond donors (Lipinski definition) is 0. The molecule has 6 heteroatoms. The lowest BCUT2D eigenvalue weighted by atomic mass is 9.79. The van der Waals surface area contributed by atoms with E-state index in [-0.39, 0.29) is 27.0 Å². The Kier molecular flexibility index (Phi) is 8.77. The highest BCUT2D eigenvalue weighted by molar-refractivity contribution is 8.13. The average molecular weight is 467 g/mol. The first kappa shape index (κ1) is 24.3. The number of carbonyl (C=O) groups excluding carboxylic acids is 1. The monoisotopic (exact) mass is 466 g/mol. The molecule has 4 nitrogen and oxygen atoms in total. The van der Waals surface area contributed by atoms with Crippen molar-refractivity contribution in [3.63, 3.8) is 0 Å². The summed E-state index contributed by atoms with van der Waals surface area (Å²) in [6.07, 6.45) is 0. The normalized spacial score (nSPS) is 12.1. The van der Waals surface area contributed by atoms with Crippen LogP contribution in [0.1, 0.15) is 30.5 Å². The van der Waals surface area contributed by atoms with Gasteiger partial charge in [0.1, 0.15) is 5.60 Å². The van der Waals surface area contributed by atoms with Crippen LogP contribution in [0.2, 0.25) is 0 Å². The highest BCUT2D eigenvalue weighted by Gasteiger charge is 2.40. The van der Waals surface area contributed by atoms with Gasteiger partial charge >= 0.3 is 8.69 Å². The Morgan fingerprint density at radius 1 is 0.812 bits per heavy atom. The Morgan fingerprint density at radius 2 is 1.25 bits per heavy atom. The van der Waals surface area contributed by atoms with Gasteiger partial charge in [0.05, 0.1) is 18.6 Å². The number of benzene rings is 3. The molecule has 0 aliphatic heterocycles. The molecule has 0 unspecified atom stereocenters. The van der Waals surface area contributed by atoms with Crippen LogP contribution in [-0.2, 0) is 24.2 Å². The van der Waals surface area contributed by atoms with Crippen molar-refractivity contribution in [2.45, 2.75) is 19.4 Å². The second-order valence-electron chi connectivity index (χ2n) is 8.00. The van der Waals surface area contributed by atoms with Gasteiger partial charge in [0.2, 0.25) is 0 Å². The number of rotatable bonds is 11. The minimum absolute atomic E-state index is 0.00625. The van der Waals surface area contributed by atoms with Gasteiger partial charge in [-0.25, -0.2) is 4.57 Å². The van der Waals surface area contributed by atoms with Gasteiger partial charge in [-0.2, -0.15) is 0 Å². The highest BCUT2D eigenvalue weighted by Crippen LogP contribution is 2.42. The number of hydrogen-bond acceptors (Lipinski definition) is 5. The van der Waals surface area contributed by atoms with Crippen LogP contribution in [0.25, 0.3) is 0 Å². The van der Waals surface area contributed by atoms with Gasteiger partial charge < -0.3 is 4.74 Å². The van der Waals surface area contributed by atoms with E-state index in [4.69, 9.17) is 9.26 Å². The molecule has 0 saturated heterocycles. The summed E-state index contributed by atoms with van der Waals surface area (Å²) >= 11 is 1.17. The summed E-state index contributed by atoms with van der Waals surface area (Å²) in [5.74, 6) is 0.443. The van der Waals surface area contributed by atoms with Gasteiger partial charge in [-0.05, 0) is 30.5 Å². The van der Waals surface area contributed by atoms with Crippen LogP contribution in [0.3, 0.4) is 0 Å². The third-order valence-electron chi connectivity index (χ3n) is 5.20. The summed E-state index contributed by atoms with van der Waals surface area (Å²) in [6.45, 7) is 4.25. The van der Waals surface area contributed by atoms with Crippen molar-refractivity contribution in [1.82, 2.24) is 0 Å². The summed E-state index contributed by atoms with van der Waals surface area (Å²) in [6, 6.07) is 30.3. The molecule has 0 spiro atoms. The molecule has 0 aromatic heterocycles. The standard InChI is InChI=1S/C26H27O4PS/c1-25(2,24(27)32-19-18-30-31-28)20-29-26(21-12-6-3-7-13-21,22-14-8-4-9-15-22)23-16-10-5-11-17-23/h3-17H,18-20H2,1-2H3. The molecule has 0 fully saturated rings. The third-order valence-corrected chi connectivity index (χ3v) is 6.68. The van der Waals surface area contributed by atoms with Gasteiger partial charge in [0.15, 0.2) is 5.12 Å². The van der Waals surface area contributed by atoms with E-state index in [1.165, 1.54) is 11.8 Å². The molecule has 0 bridgehead atoms. The molecule has 0 atom stereocenters. The van der Waals surface area contributed by atoms with Crippen molar-refractivity contribution in [2.75, 3.05) is 19.0 Å². The maximum absolute atomic E-state index is 12.9. The van der Waals surface area contributed by atoms with Crippen LogP contribution in [0.15, 0.2) is 91.0 Å². The smallest absolute Gasteiger partial charge is 0.327 e. The zero-order chi connectivity index (χ0) is 22.9. The van der Waals surface area contributed by atoms with Gasteiger partial charge in [0, 0.05) is 5.75 Å². The fraction of sp³-hybridized carbons (Fsp3) is 0.269. The highest BCUT2D eigenvalue weighted by atomic mass is 32.2. The molecule has 0 heterocycles. The Bertz CT molecular complexity index is 897. The van der Waals surface area contributed by atoms with Gasteiger partial charge in [-0.3, -0.25) is 9.32 Å². The van der Waals surface area contributed by atoms with Crippen LogP contribution in [-0.4, -0.2) is 24.1 Å². The van der Waals surface area contributed by atoms with E-state index in [0.29, 0.717) is 5.75 Å². The summed E-state index contributed by atoms with van der Waals surface area (Å²) in [5, 5.41) is 0.00625. The average Bonchev–Trinajstić information content (AvgIpc) is 2.84. The molecule has 0 N–H and O–H groups in total. The van der Waals surface area contributed by atoms with E-state index in [1.54, 1.807) is 0 Å². The Hall–Kier alpha value is -2.30. The summed E-state index contributed by atoms with van der Waals surface area (Å²) < 4.78 is 22.0. The summed E-state index contributed by atoms with van der Waals surface area (Å²) in [7, 11) is -0.370. The molecule has 0 radical (unpaired) electrons. The fourth-order valence-corrected chi connectivity index (χ4v) is 4.61. The third kappa shape index (κ3) is 5.73. The van der Waals surface area contributed by atoms with Crippen molar-refractivity contribution in [2.24, 2.45) is 5.41 Å². The summed E-state index contributed by atoms with van der Waals surface area (Å²) in [5.41, 5.74) is 1.39. The topological polar surface area (TPSA) is 52.6 Å². The lowest BCUT2D eigenvalue weighted by Crippen LogP contribution is -2.38. The lowest BCUT2D eigenvalue weighted by Gasteiger charge is -2.38. The van der Waals surface area contributed by atoms with Crippen LogP contribution in [0, 0.1) is 5.41 Å². The zero-order valence-corrected chi connectivity index (χ0v) is 20.0. The second-order valence-corrected chi connectivity index (χ2v) is 9.47. The number of carbonyl (C=O) groups is 1. The molecule has 32 heavy (non-hydrogen) atoms. The van der Waals surface area contributed by atoms with E-state index < -0.39 is 11.0 Å². The molecule has 166 valence electrons. The van der Waals surface area contributed by atoms with Crippen molar-refractivity contribution in [3.05, 3.63) is 108 Å². The van der Waals surface area contributed by atoms with Crippen molar-refractivity contribution >= 4 is 25.6 Å². The Morgan fingerprint density at radius 3 is 1.66 bits per heavy atom. The first-order valence-corrected chi connectivity index (χ1v) is 12.1. The molecule has 3 rings (SSSR count). The molecule has 3 aromatic carbocycles. The number of ether oxygens (including phenoxy) is 1. The van der Waals surface area contributed by atoms with Gasteiger partial charge in [-0.1, -0.05) is 103 Å². The SMILES string of the molecule is CC(C)(COC(c1ccccc1)(c1ccccc1)c1ccccc1)C(=O)SCCOP=O. The second kappa shape index (κ2) is 11.5. The van der Waals surface area contributed by atoms with Crippen molar-refractivity contribution in [1.29, 1.82) is 0 Å². The molecule has 0 saturated carbocycles. The number of thioether (sulfide) groups is 1. The van der Waals surface area contributed by atoms with E-state index >= 15 is 0 Å². The van der Waals surface area contributed by atoms with Crippen LogP contribution < -0.4 is 0 Å². The van der Waals surface area contributed by atoms with Gasteiger partial charge in [-0.15, -0.1) is 0 Å². The first-order chi connectivity index (χ1) is 15.5. The molecular formula is C26H27O4PS. The minimum atomic E-state index is -0.865.